The number of aliphatic hydroxyl groups excluding tert-OH is 1. The molecule has 1 atom stereocenters. The number of benzene rings is 2. The zero-order valence-electron chi connectivity index (χ0n) is 17.0. The first-order chi connectivity index (χ1) is 15.2. The van der Waals surface area contributed by atoms with Gasteiger partial charge in [0, 0.05) is 11.8 Å². The molecule has 0 saturated heterocycles. The van der Waals surface area contributed by atoms with Crippen molar-refractivity contribution in [2.45, 2.75) is 20.0 Å². The monoisotopic (exact) mass is 441 g/mol. The highest BCUT2D eigenvalue weighted by atomic mass is 19.2. The van der Waals surface area contributed by atoms with E-state index in [1.807, 2.05) is 0 Å². The molecule has 164 valence electrons. The molecule has 4 rings (SSSR count). The predicted molar refractivity (Wildman–Crippen MR) is 112 cm³/mol. The van der Waals surface area contributed by atoms with Gasteiger partial charge in [0.1, 0.15) is 28.7 Å². The molecular weight excluding hydrogens is 423 g/mol. The largest absolute Gasteiger partial charge is 0.382 e. The molecule has 0 aliphatic heterocycles. The van der Waals surface area contributed by atoms with Crippen LogP contribution in [0, 0.1) is 31.3 Å². The third-order valence-electron chi connectivity index (χ3n) is 4.95. The van der Waals surface area contributed by atoms with E-state index in [1.165, 1.54) is 18.2 Å². The number of amides is 1. The van der Waals surface area contributed by atoms with E-state index < -0.39 is 35.2 Å². The molecule has 4 aromatic rings. The van der Waals surface area contributed by atoms with Gasteiger partial charge in [0.05, 0.1) is 11.4 Å². The molecular formula is C22H18F3N5O2. The number of hydrogen-bond acceptors (Lipinski definition) is 5. The molecule has 0 unspecified atom stereocenters. The lowest BCUT2D eigenvalue weighted by Gasteiger charge is -2.13. The van der Waals surface area contributed by atoms with Crippen molar-refractivity contribution in [3.8, 4) is 11.3 Å². The van der Waals surface area contributed by atoms with Crippen molar-refractivity contribution >= 4 is 22.9 Å². The summed E-state index contributed by atoms with van der Waals surface area (Å²) in [6, 6.07) is 7.14. The first-order valence-corrected chi connectivity index (χ1v) is 9.52. The molecule has 0 radical (unpaired) electrons. The molecule has 7 nitrogen and oxygen atoms in total. The van der Waals surface area contributed by atoms with Gasteiger partial charge in [0.2, 0.25) is 0 Å². The van der Waals surface area contributed by atoms with Gasteiger partial charge in [-0.15, -0.1) is 0 Å². The minimum absolute atomic E-state index is 0.0294. The second-order valence-corrected chi connectivity index (χ2v) is 7.23. The number of anilines is 2. The van der Waals surface area contributed by atoms with Crippen LogP contribution in [0.2, 0.25) is 0 Å². The van der Waals surface area contributed by atoms with Crippen molar-refractivity contribution in [2.24, 2.45) is 0 Å². The number of hydrogen-bond donors (Lipinski definition) is 3. The quantitative estimate of drug-likeness (QED) is 0.448. The Morgan fingerprint density at radius 1 is 1.12 bits per heavy atom. The molecule has 2 heterocycles. The Kier molecular flexibility index (Phi) is 5.31. The van der Waals surface area contributed by atoms with Gasteiger partial charge in [-0.3, -0.25) is 9.20 Å². The summed E-state index contributed by atoms with van der Waals surface area (Å²) in [5.41, 5.74) is 6.35. The number of nitrogens with one attached hydrogen (secondary N) is 1. The van der Waals surface area contributed by atoms with Gasteiger partial charge in [0.15, 0.2) is 17.7 Å². The molecule has 4 N–H and O–H groups in total. The fourth-order valence-electron chi connectivity index (χ4n) is 3.45. The summed E-state index contributed by atoms with van der Waals surface area (Å²) in [5, 5.41) is 12.2. The molecule has 10 heteroatoms. The lowest BCUT2D eigenvalue weighted by Crippen LogP contribution is -2.21. The van der Waals surface area contributed by atoms with Crippen molar-refractivity contribution in [1.82, 2.24) is 14.4 Å². The van der Waals surface area contributed by atoms with Crippen molar-refractivity contribution < 1.29 is 23.1 Å². The number of halogens is 3. The van der Waals surface area contributed by atoms with Crippen molar-refractivity contribution in [1.29, 1.82) is 0 Å². The van der Waals surface area contributed by atoms with Crippen LogP contribution in [0.25, 0.3) is 16.8 Å². The van der Waals surface area contributed by atoms with Gasteiger partial charge in [-0.2, -0.15) is 0 Å². The van der Waals surface area contributed by atoms with Crippen LogP contribution in [0.4, 0.5) is 24.7 Å². The van der Waals surface area contributed by atoms with Crippen molar-refractivity contribution in [3.05, 3.63) is 77.1 Å². The molecule has 32 heavy (non-hydrogen) atoms. The normalized spacial score (nSPS) is 12.2. The fourth-order valence-corrected chi connectivity index (χ4v) is 3.45. The van der Waals surface area contributed by atoms with Crippen LogP contribution in [0.1, 0.15) is 23.2 Å². The molecule has 0 bridgehead atoms. The number of rotatable bonds is 4. The molecule has 0 spiro atoms. The maximum atomic E-state index is 15.0. The van der Waals surface area contributed by atoms with E-state index in [9.17, 15) is 23.1 Å². The number of carbonyl (C=O) groups is 1. The number of aromatic nitrogens is 3. The minimum Gasteiger partial charge on any atom is -0.382 e. The highest BCUT2D eigenvalue weighted by molar-refractivity contribution is 5.95. The molecule has 0 saturated carbocycles. The number of nitrogens with two attached hydrogens (primary N) is 1. The molecule has 0 aliphatic rings. The van der Waals surface area contributed by atoms with Crippen molar-refractivity contribution in [2.75, 3.05) is 11.1 Å². The van der Waals surface area contributed by atoms with Crippen LogP contribution >= 0.6 is 0 Å². The standard InChI is InChI=1S/C22H18F3N5O2/c1-10-9-30-11(2)28-18(19(30)21(26)27-10)14-6-7-15(17(25)16(14)24)29-22(32)20(31)12-4-3-5-13(23)8-12/h3-9,20,31H,1-2H3,(H2,26,27)(H,29,32)/t20-/m1/s1. The summed E-state index contributed by atoms with van der Waals surface area (Å²) < 4.78 is 44.7. The van der Waals surface area contributed by atoms with Gasteiger partial charge >= 0.3 is 0 Å². The van der Waals surface area contributed by atoms with Gasteiger partial charge in [-0.25, -0.2) is 23.1 Å². The van der Waals surface area contributed by atoms with Crippen molar-refractivity contribution in [3.63, 3.8) is 0 Å². The van der Waals surface area contributed by atoms with E-state index in [0.717, 1.165) is 18.2 Å². The SMILES string of the molecule is Cc1cn2c(C)nc(-c3ccc(NC(=O)[C@H](O)c4cccc(F)c4)c(F)c3F)c2c(N)n1. The maximum absolute atomic E-state index is 15.0. The maximum Gasteiger partial charge on any atom is 0.257 e. The third kappa shape index (κ3) is 3.65. The van der Waals surface area contributed by atoms with E-state index in [2.05, 4.69) is 15.3 Å². The highest BCUT2D eigenvalue weighted by Crippen LogP contribution is 2.33. The number of aryl methyl sites for hydroxylation is 2. The van der Waals surface area contributed by atoms with E-state index in [1.54, 1.807) is 24.4 Å². The number of nitrogen functional groups attached to an aromatic ring is 1. The Bertz CT molecular complexity index is 1370. The summed E-state index contributed by atoms with van der Waals surface area (Å²) in [4.78, 5) is 20.7. The van der Waals surface area contributed by atoms with Crippen LogP contribution < -0.4 is 11.1 Å². The Morgan fingerprint density at radius 2 is 1.88 bits per heavy atom. The third-order valence-corrected chi connectivity index (χ3v) is 4.95. The van der Waals surface area contributed by atoms with Gasteiger partial charge < -0.3 is 16.2 Å². The first kappa shape index (κ1) is 21.3. The molecule has 2 aromatic carbocycles. The highest BCUT2D eigenvalue weighted by Gasteiger charge is 2.24. The Hall–Kier alpha value is -3.92. The molecule has 0 aliphatic carbocycles. The zero-order valence-corrected chi connectivity index (χ0v) is 17.0. The smallest absolute Gasteiger partial charge is 0.257 e. The van der Waals surface area contributed by atoms with E-state index >= 15 is 0 Å². The average Bonchev–Trinajstić information content (AvgIpc) is 3.07. The summed E-state index contributed by atoms with van der Waals surface area (Å²) >= 11 is 0. The topological polar surface area (TPSA) is 106 Å². The summed E-state index contributed by atoms with van der Waals surface area (Å²) in [5.74, 6) is -3.70. The van der Waals surface area contributed by atoms with E-state index in [-0.39, 0.29) is 22.6 Å². The lowest BCUT2D eigenvalue weighted by molar-refractivity contribution is -0.124. The van der Waals surface area contributed by atoms with Crippen LogP contribution in [0.3, 0.4) is 0 Å². The number of fused-ring (bicyclic) bond motifs is 1. The Labute approximate surface area is 180 Å². The van der Waals surface area contributed by atoms with Gasteiger partial charge in [0.25, 0.3) is 5.91 Å². The summed E-state index contributed by atoms with van der Waals surface area (Å²) in [6.07, 6.45) is -0.101. The number of carbonyl (C=O) groups excluding carboxylic acids is 1. The summed E-state index contributed by atoms with van der Waals surface area (Å²) in [6.45, 7) is 3.43. The van der Waals surface area contributed by atoms with Crippen LogP contribution in [-0.2, 0) is 4.79 Å². The number of aliphatic hydroxyl groups is 1. The minimum atomic E-state index is -1.78. The second kappa shape index (κ2) is 7.97. The van der Waals surface area contributed by atoms with E-state index in [0.29, 0.717) is 17.0 Å². The first-order valence-electron chi connectivity index (χ1n) is 9.52. The van der Waals surface area contributed by atoms with Crippen LogP contribution in [0.5, 0.6) is 0 Å². The number of imidazole rings is 1. The summed E-state index contributed by atoms with van der Waals surface area (Å²) in [7, 11) is 0. The fraction of sp³-hybridized carbons (Fsp3) is 0.136. The van der Waals surface area contributed by atoms with Gasteiger partial charge in [-0.1, -0.05) is 12.1 Å². The second-order valence-electron chi connectivity index (χ2n) is 7.23. The Morgan fingerprint density at radius 3 is 2.59 bits per heavy atom. The van der Waals surface area contributed by atoms with E-state index in [4.69, 9.17) is 5.73 Å². The average molecular weight is 441 g/mol. The zero-order chi connectivity index (χ0) is 23.2. The molecule has 1 amide bonds. The number of nitrogens with zero attached hydrogens (tertiary/aromatic N) is 3. The van der Waals surface area contributed by atoms with Crippen LogP contribution in [0.15, 0.2) is 42.6 Å². The van der Waals surface area contributed by atoms with Gasteiger partial charge in [-0.05, 0) is 43.7 Å². The lowest BCUT2D eigenvalue weighted by atomic mass is 10.1. The Balaban J connectivity index is 1.69. The predicted octanol–water partition coefficient (Wildman–Crippen LogP) is 3.68. The van der Waals surface area contributed by atoms with Crippen LogP contribution in [-0.4, -0.2) is 25.4 Å². The molecule has 0 fully saturated rings. The molecule has 2 aromatic heterocycles.